The molecule has 0 unspecified atom stereocenters. The van der Waals surface area contributed by atoms with E-state index in [0.29, 0.717) is 6.61 Å². The zero-order chi connectivity index (χ0) is 11.0. The van der Waals surface area contributed by atoms with E-state index in [1.807, 2.05) is 0 Å². The van der Waals surface area contributed by atoms with Crippen LogP contribution in [0.2, 0.25) is 0 Å². The highest BCUT2D eigenvalue weighted by atomic mass is 16.7. The Morgan fingerprint density at radius 1 is 1.21 bits per heavy atom. The predicted octanol–water partition coefficient (Wildman–Crippen LogP) is 0.990. The van der Waals surface area contributed by atoms with Crippen molar-refractivity contribution in [2.75, 3.05) is 13.7 Å². The summed E-state index contributed by atoms with van der Waals surface area (Å²) in [5.41, 5.74) is 0. The fourth-order valence-electron chi connectivity index (χ4n) is 0.675. The molecule has 0 heterocycles. The molecule has 0 aliphatic rings. The van der Waals surface area contributed by atoms with Gasteiger partial charge in [-0.3, -0.25) is 9.59 Å². The first-order chi connectivity index (χ1) is 6.60. The van der Waals surface area contributed by atoms with E-state index in [0.717, 1.165) is 0 Å². The molecule has 0 aliphatic carbocycles. The summed E-state index contributed by atoms with van der Waals surface area (Å²) in [6, 6.07) is 0. The van der Waals surface area contributed by atoms with Gasteiger partial charge in [-0.15, -0.1) is 0 Å². The van der Waals surface area contributed by atoms with E-state index in [-0.39, 0.29) is 18.8 Å². The topological polar surface area (TPSA) is 61.8 Å². The highest BCUT2D eigenvalue weighted by molar-refractivity contribution is 5.77. The van der Waals surface area contributed by atoms with Crippen LogP contribution in [0.15, 0.2) is 12.5 Å². The lowest BCUT2D eigenvalue weighted by molar-refractivity contribution is -0.149. The van der Waals surface area contributed by atoms with Crippen LogP contribution in [0.3, 0.4) is 0 Å². The first-order valence-corrected chi connectivity index (χ1v) is 4.19. The predicted molar refractivity (Wildman–Crippen MR) is 48.1 cm³/mol. The van der Waals surface area contributed by atoms with Gasteiger partial charge in [-0.1, -0.05) is 0 Å². The monoisotopic (exact) mass is 202 g/mol. The van der Waals surface area contributed by atoms with Gasteiger partial charge in [-0.25, -0.2) is 0 Å². The third-order valence-corrected chi connectivity index (χ3v) is 1.29. The van der Waals surface area contributed by atoms with Crippen LogP contribution in [0.1, 0.15) is 19.8 Å². The maximum absolute atomic E-state index is 11.0. The zero-order valence-electron chi connectivity index (χ0n) is 8.37. The van der Waals surface area contributed by atoms with Crippen LogP contribution in [0.25, 0.3) is 0 Å². The molecule has 0 spiro atoms. The fraction of sp³-hybridized carbons (Fsp3) is 0.556. The van der Waals surface area contributed by atoms with Gasteiger partial charge in [0, 0.05) is 0 Å². The summed E-state index contributed by atoms with van der Waals surface area (Å²) >= 11 is 0. The SMILES string of the molecule is C=C(OCC)OC(=O)CCC(=O)OC. The van der Waals surface area contributed by atoms with Crippen LogP contribution in [0, 0.1) is 0 Å². The molecular weight excluding hydrogens is 188 g/mol. The molecule has 0 bridgehead atoms. The average Bonchev–Trinajstić information content (AvgIpc) is 2.14. The van der Waals surface area contributed by atoms with Crippen molar-refractivity contribution in [1.82, 2.24) is 0 Å². The quantitative estimate of drug-likeness (QED) is 0.474. The Bertz CT molecular complexity index is 221. The normalized spacial score (nSPS) is 9.00. The van der Waals surface area contributed by atoms with Crippen molar-refractivity contribution in [1.29, 1.82) is 0 Å². The molecule has 0 radical (unpaired) electrons. The molecule has 0 atom stereocenters. The van der Waals surface area contributed by atoms with Crippen molar-refractivity contribution in [3.8, 4) is 0 Å². The molecule has 0 N–H and O–H groups in total. The standard InChI is InChI=1S/C9H14O5/c1-4-13-7(2)14-9(11)6-5-8(10)12-3/h2,4-6H2,1,3H3. The van der Waals surface area contributed by atoms with Crippen LogP contribution < -0.4 is 0 Å². The highest BCUT2D eigenvalue weighted by Crippen LogP contribution is 2.01. The lowest BCUT2D eigenvalue weighted by Crippen LogP contribution is -2.09. The highest BCUT2D eigenvalue weighted by Gasteiger charge is 2.09. The third kappa shape index (κ3) is 6.05. The minimum Gasteiger partial charge on any atom is -0.469 e. The van der Waals surface area contributed by atoms with Crippen molar-refractivity contribution in [2.45, 2.75) is 19.8 Å². The van der Waals surface area contributed by atoms with Crippen LogP contribution in [0.4, 0.5) is 0 Å². The molecule has 0 aromatic carbocycles. The molecule has 0 saturated heterocycles. The van der Waals surface area contributed by atoms with Gasteiger partial charge in [-0.2, -0.15) is 0 Å². The summed E-state index contributed by atoms with van der Waals surface area (Å²) < 4.78 is 13.8. The Morgan fingerprint density at radius 2 is 1.79 bits per heavy atom. The number of rotatable bonds is 6. The fourth-order valence-corrected chi connectivity index (χ4v) is 0.675. The zero-order valence-corrected chi connectivity index (χ0v) is 8.37. The van der Waals surface area contributed by atoms with E-state index in [9.17, 15) is 9.59 Å². The molecule has 0 fully saturated rings. The van der Waals surface area contributed by atoms with Crippen molar-refractivity contribution in [3.63, 3.8) is 0 Å². The molecule has 0 aromatic rings. The largest absolute Gasteiger partial charge is 0.469 e. The Kier molecular flexibility index (Phi) is 6.19. The number of ether oxygens (including phenoxy) is 3. The number of esters is 2. The maximum Gasteiger partial charge on any atom is 0.314 e. The molecule has 80 valence electrons. The first kappa shape index (κ1) is 12.5. The number of hydrogen-bond acceptors (Lipinski definition) is 5. The summed E-state index contributed by atoms with van der Waals surface area (Å²) in [6.45, 7) is 5.47. The van der Waals surface area contributed by atoms with Gasteiger partial charge in [0.2, 0.25) is 0 Å². The summed E-state index contributed by atoms with van der Waals surface area (Å²) in [4.78, 5) is 21.6. The van der Waals surface area contributed by atoms with Crippen molar-refractivity contribution < 1.29 is 23.8 Å². The van der Waals surface area contributed by atoms with E-state index >= 15 is 0 Å². The molecule has 0 amide bonds. The van der Waals surface area contributed by atoms with Gasteiger partial charge in [0.05, 0.1) is 26.6 Å². The third-order valence-electron chi connectivity index (χ3n) is 1.29. The maximum atomic E-state index is 11.0. The van der Waals surface area contributed by atoms with Crippen LogP contribution in [0.5, 0.6) is 0 Å². The summed E-state index contributed by atoms with van der Waals surface area (Å²) in [6.07, 6.45) is -0.0481. The molecule has 5 nitrogen and oxygen atoms in total. The van der Waals surface area contributed by atoms with E-state index < -0.39 is 11.9 Å². The molecule has 5 heteroatoms. The molecule has 0 aromatic heterocycles. The second-order valence-electron chi connectivity index (χ2n) is 2.36. The van der Waals surface area contributed by atoms with Crippen molar-refractivity contribution in [3.05, 3.63) is 12.5 Å². The van der Waals surface area contributed by atoms with Gasteiger partial charge in [0.15, 0.2) is 0 Å². The molecule has 0 aliphatic heterocycles. The summed E-state index contributed by atoms with van der Waals surface area (Å²) in [7, 11) is 1.26. The van der Waals surface area contributed by atoms with E-state index in [1.54, 1.807) is 6.92 Å². The first-order valence-electron chi connectivity index (χ1n) is 4.19. The van der Waals surface area contributed by atoms with Gasteiger partial charge < -0.3 is 14.2 Å². The van der Waals surface area contributed by atoms with Gasteiger partial charge in [-0.05, 0) is 13.5 Å². The average molecular weight is 202 g/mol. The van der Waals surface area contributed by atoms with Crippen molar-refractivity contribution in [2.24, 2.45) is 0 Å². The van der Waals surface area contributed by atoms with E-state index in [2.05, 4.69) is 16.1 Å². The summed E-state index contributed by atoms with van der Waals surface area (Å²) in [5, 5.41) is 0. The minimum absolute atomic E-state index is 0.00522. The van der Waals surface area contributed by atoms with Gasteiger partial charge >= 0.3 is 11.9 Å². The second kappa shape index (κ2) is 6.94. The molecular formula is C9H14O5. The Labute approximate surface area is 82.6 Å². The number of hydrogen-bond donors (Lipinski definition) is 0. The molecule has 0 rings (SSSR count). The molecule has 14 heavy (non-hydrogen) atoms. The van der Waals surface area contributed by atoms with E-state index in [4.69, 9.17) is 4.74 Å². The van der Waals surface area contributed by atoms with Crippen LogP contribution in [-0.2, 0) is 23.8 Å². The molecule has 0 saturated carbocycles. The van der Waals surface area contributed by atoms with Gasteiger partial charge in [0.25, 0.3) is 5.95 Å². The Balaban J connectivity index is 3.65. The lowest BCUT2D eigenvalue weighted by Gasteiger charge is -2.06. The number of carbonyl (C=O) groups is 2. The van der Waals surface area contributed by atoms with Crippen molar-refractivity contribution >= 4 is 11.9 Å². The smallest absolute Gasteiger partial charge is 0.314 e. The lowest BCUT2D eigenvalue weighted by atomic mass is 10.3. The Morgan fingerprint density at radius 3 is 2.29 bits per heavy atom. The number of carbonyl (C=O) groups excluding carboxylic acids is 2. The number of methoxy groups -OCH3 is 1. The second-order valence-corrected chi connectivity index (χ2v) is 2.36. The van der Waals surface area contributed by atoms with Crippen LogP contribution in [-0.4, -0.2) is 25.7 Å². The van der Waals surface area contributed by atoms with Crippen LogP contribution >= 0.6 is 0 Å². The van der Waals surface area contributed by atoms with Gasteiger partial charge in [0.1, 0.15) is 0 Å². The summed E-state index contributed by atoms with van der Waals surface area (Å²) in [5.74, 6) is -1.07. The Hall–Kier alpha value is -1.52. The van der Waals surface area contributed by atoms with E-state index in [1.165, 1.54) is 7.11 Å². The minimum atomic E-state index is -0.561.